The summed E-state index contributed by atoms with van der Waals surface area (Å²) < 4.78 is 5.53. The number of benzene rings is 1. The number of carbonyl (C=O) groups is 1. The molecule has 0 unspecified atom stereocenters. The summed E-state index contributed by atoms with van der Waals surface area (Å²) in [5, 5.41) is 4.07. The van der Waals surface area contributed by atoms with Gasteiger partial charge >= 0.3 is 0 Å². The molecule has 0 saturated carbocycles. The van der Waals surface area contributed by atoms with Crippen LogP contribution in [0.4, 0.5) is 0 Å². The summed E-state index contributed by atoms with van der Waals surface area (Å²) in [5.74, 6) is 1.29. The van der Waals surface area contributed by atoms with Gasteiger partial charge in [-0.2, -0.15) is 5.10 Å². The minimum Gasteiger partial charge on any atom is -0.460 e. The Hall–Kier alpha value is -2.36. The molecule has 2 rings (SSSR count). The fourth-order valence-electron chi connectivity index (χ4n) is 1.84. The molecule has 0 spiro atoms. The van der Waals surface area contributed by atoms with E-state index in [0.29, 0.717) is 17.0 Å². The quantitative estimate of drug-likeness (QED) is 0.677. The molecule has 0 radical (unpaired) electrons. The normalized spacial score (nSPS) is 11.4. The van der Waals surface area contributed by atoms with E-state index >= 15 is 0 Å². The van der Waals surface area contributed by atoms with Crippen LogP contribution in [-0.4, -0.2) is 11.6 Å². The SMILES string of the molecule is C/C(=N/NC(=O)c1ccccc1)c1oc(C)cc1C. The number of furan rings is 1. The van der Waals surface area contributed by atoms with Crippen molar-refractivity contribution in [1.82, 2.24) is 5.43 Å². The van der Waals surface area contributed by atoms with Gasteiger partial charge in [0.1, 0.15) is 11.5 Å². The lowest BCUT2D eigenvalue weighted by atomic mass is 10.2. The molecule has 1 aromatic heterocycles. The average Bonchev–Trinajstić information content (AvgIpc) is 2.75. The molecule has 1 aromatic carbocycles. The van der Waals surface area contributed by atoms with Crippen molar-refractivity contribution in [2.75, 3.05) is 0 Å². The maximum Gasteiger partial charge on any atom is 0.271 e. The molecule has 0 fully saturated rings. The predicted molar refractivity (Wildman–Crippen MR) is 74.3 cm³/mol. The van der Waals surface area contributed by atoms with Gasteiger partial charge in [-0.15, -0.1) is 0 Å². The van der Waals surface area contributed by atoms with E-state index in [1.807, 2.05) is 38.1 Å². The minimum absolute atomic E-state index is 0.235. The Balaban J connectivity index is 2.11. The highest BCUT2D eigenvalue weighted by atomic mass is 16.3. The first-order chi connectivity index (χ1) is 9.08. The molecular formula is C15H16N2O2. The van der Waals surface area contributed by atoms with Crippen LogP contribution >= 0.6 is 0 Å². The third-order valence-corrected chi connectivity index (χ3v) is 2.73. The third kappa shape index (κ3) is 3.10. The van der Waals surface area contributed by atoms with Crippen LogP contribution < -0.4 is 5.43 Å². The third-order valence-electron chi connectivity index (χ3n) is 2.73. The zero-order valence-electron chi connectivity index (χ0n) is 11.2. The summed E-state index contributed by atoms with van der Waals surface area (Å²) in [6.07, 6.45) is 0. The molecule has 1 amide bonds. The zero-order chi connectivity index (χ0) is 13.8. The van der Waals surface area contributed by atoms with Gasteiger partial charge in [-0.1, -0.05) is 18.2 Å². The number of rotatable bonds is 3. The lowest BCUT2D eigenvalue weighted by molar-refractivity contribution is 0.0955. The monoisotopic (exact) mass is 256 g/mol. The molecule has 0 aliphatic heterocycles. The Morgan fingerprint density at radius 2 is 1.89 bits per heavy atom. The standard InChI is InChI=1S/C15H16N2O2/c1-10-9-11(2)19-14(10)12(3)16-17-15(18)13-7-5-4-6-8-13/h4-9H,1-3H3,(H,17,18)/b16-12-. The minimum atomic E-state index is -0.235. The number of aryl methyl sites for hydroxylation is 2. The molecule has 98 valence electrons. The number of carbonyl (C=O) groups excluding carboxylic acids is 1. The van der Waals surface area contributed by atoms with Crippen molar-refractivity contribution < 1.29 is 9.21 Å². The molecule has 0 saturated heterocycles. The number of amides is 1. The number of hydrogen-bond acceptors (Lipinski definition) is 3. The van der Waals surface area contributed by atoms with E-state index in [0.717, 1.165) is 11.3 Å². The smallest absolute Gasteiger partial charge is 0.271 e. The molecule has 2 aromatic rings. The topological polar surface area (TPSA) is 54.6 Å². The molecule has 1 N–H and O–H groups in total. The highest BCUT2D eigenvalue weighted by Gasteiger charge is 2.09. The molecule has 0 aliphatic rings. The maximum atomic E-state index is 11.8. The van der Waals surface area contributed by atoms with Gasteiger partial charge in [0.15, 0.2) is 5.76 Å². The molecule has 4 nitrogen and oxygen atoms in total. The van der Waals surface area contributed by atoms with Crippen LogP contribution in [0.15, 0.2) is 45.9 Å². The summed E-state index contributed by atoms with van der Waals surface area (Å²) in [5.41, 5.74) is 4.75. The van der Waals surface area contributed by atoms with Gasteiger partial charge < -0.3 is 4.42 Å². The molecule has 19 heavy (non-hydrogen) atoms. The van der Waals surface area contributed by atoms with E-state index in [2.05, 4.69) is 10.5 Å². The lowest BCUT2D eigenvalue weighted by Gasteiger charge is -2.01. The van der Waals surface area contributed by atoms with E-state index in [-0.39, 0.29) is 5.91 Å². The Morgan fingerprint density at radius 1 is 1.21 bits per heavy atom. The van der Waals surface area contributed by atoms with E-state index in [9.17, 15) is 4.79 Å². The summed E-state index contributed by atoms with van der Waals surface area (Å²) in [4.78, 5) is 11.8. The van der Waals surface area contributed by atoms with Gasteiger partial charge in [0.2, 0.25) is 0 Å². The van der Waals surface area contributed by atoms with Crippen molar-refractivity contribution in [2.45, 2.75) is 20.8 Å². The summed E-state index contributed by atoms with van der Waals surface area (Å²) in [6, 6.07) is 10.9. The molecular weight excluding hydrogens is 240 g/mol. The molecule has 0 atom stereocenters. The zero-order valence-corrected chi connectivity index (χ0v) is 11.2. The predicted octanol–water partition coefficient (Wildman–Crippen LogP) is 3.05. The van der Waals surface area contributed by atoms with Crippen molar-refractivity contribution in [3.63, 3.8) is 0 Å². The van der Waals surface area contributed by atoms with E-state index < -0.39 is 0 Å². The Labute approximate surface area is 112 Å². The van der Waals surface area contributed by atoms with E-state index in [1.165, 1.54) is 0 Å². The highest BCUT2D eigenvalue weighted by molar-refractivity contribution is 6.00. The van der Waals surface area contributed by atoms with Crippen molar-refractivity contribution in [3.8, 4) is 0 Å². The van der Waals surface area contributed by atoms with E-state index in [1.54, 1.807) is 19.1 Å². The molecule has 1 heterocycles. The first-order valence-corrected chi connectivity index (χ1v) is 6.05. The largest absolute Gasteiger partial charge is 0.460 e. The average molecular weight is 256 g/mol. The van der Waals surface area contributed by atoms with Crippen molar-refractivity contribution in [1.29, 1.82) is 0 Å². The van der Waals surface area contributed by atoms with Crippen LogP contribution in [0.3, 0.4) is 0 Å². The van der Waals surface area contributed by atoms with Crippen LogP contribution in [0, 0.1) is 13.8 Å². The Bertz CT molecular complexity index is 612. The first kappa shape index (κ1) is 13.1. The van der Waals surface area contributed by atoms with Gasteiger partial charge in [0.25, 0.3) is 5.91 Å². The maximum absolute atomic E-state index is 11.8. The summed E-state index contributed by atoms with van der Waals surface area (Å²) >= 11 is 0. The number of hydrogen-bond donors (Lipinski definition) is 1. The van der Waals surface area contributed by atoms with Gasteiger partial charge in [0.05, 0.1) is 0 Å². The second-order valence-electron chi connectivity index (χ2n) is 4.37. The Kier molecular flexibility index (Phi) is 3.80. The highest BCUT2D eigenvalue weighted by Crippen LogP contribution is 2.14. The van der Waals surface area contributed by atoms with Crippen LogP contribution in [0.1, 0.15) is 34.4 Å². The first-order valence-electron chi connectivity index (χ1n) is 6.05. The fourth-order valence-corrected chi connectivity index (χ4v) is 1.84. The summed E-state index contributed by atoms with van der Waals surface area (Å²) in [6.45, 7) is 5.63. The second kappa shape index (κ2) is 5.52. The van der Waals surface area contributed by atoms with Crippen molar-refractivity contribution in [2.24, 2.45) is 5.10 Å². The molecule has 0 aliphatic carbocycles. The number of nitrogens with zero attached hydrogens (tertiary/aromatic N) is 1. The van der Waals surface area contributed by atoms with E-state index in [4.69, 9.17) is 4.42 Å². The van der Waals surface area contributed by atoms with Gasteiger partial charge in [-0.3, -0.25) is 4.79 Å². The van der Waals surface area contributed by atoms with Crippen molar-refractivity contribution >= 4 is 11.6 Å². The fraction of sp³-hybridized carbons (Fsp3) is 0.200. The van der Waals surface area contributed by atoms with Crippen molar-refractivity contribution in [3.05, 3.63) is 59.0 Å². The van der Waals surface area contributed by atoms with Crippen LogP contribution in [0.5, 0.6) is 0 Å². The van der Waals surface area contributed by atoms with Gasteiger partial charge in [-0.25, -0.2) is 5.43 Å². The number of nitrogens with one attached hydrogen (secondary N) is 1. The van der Waals surface area contributed by atoms with Gasteiger partial charge in [0, 0.05) is 5.56 Å². The molecule has 4 heteroatoms. The molecule has 0 bridgehead atoms. The van der Waals surface area contributed by atoms with Crippen LogP contribution in [-0.2, 0) is 0 Å². The number of hydrazone groups is 1. The second-order valence-corrected chi connectivity index (χ2v) is 4.37. The van der Waals surface area contributed by atoms with Crippen LogP contribution in [0.25, 0.3) is 0 Å². The Morgan fingerprint density at radius 3 is 2.47 bits per heavy atom. The van der Waals surface area contributed by atoms with Crippen LogP contribution in [0.2, 0.25) is 0 Å². The summed E-state index contributed by atoms with van der Waals surface area (Å²) in [7, 11) is 0. The lowest BCUT2D eigenvalue weighted by Crippen LogP contribution is -2.19. The van der Waals surface area contributed by atoms with Gasteiger partial charge in [-0.05, 0) is 44.5 Å².